The van der Waals surface area contributed by atoms with E-state index in [1.807, 2.05) is 31.2 Å². The molecule has 9 heteroatoms. The van der Waals surface area contributed by atoms with Crippen molar-refractivity contribution in [1.29, 1.82) is 5.26 Å². The van der Waals surface area contributed by atoms with Crippen molar-refractivity contribution in [3.63, 3.8) is 0 Å². The lowest BCUT2D eigenvalue weighted by Crippen LogP contribution is -2.28. The summed E-state index contributed by atoms with van der Waals surface area (Å²) in [6.45, 7) is 1.94. The van der Waals surface area contributed by atoms with Crippen LogP contribution in [0.1, 0.15) is 5.56 Å². The number of hydrogen-bond acceptors (Lipinski definition) is 6. The molecule has 2 amide bonds. The van der Waals surface area contributed by atoms with E-state index < -0.39 is 11.8 Å². The normalized spacial score (nSPS) is 15.7. The number of aryl methyl sites for hydroxylation is 1. The van der Waals surface area contributed by atoms with Gasteiger partial charge in [-0.1, -0.05) is 47.5 Å². The van der Waals surface area contributed by atoms with Crippen LogP contribution >= 0.6 is 23.4 Å². The number of halogens is 1. The average Bonchev–Trinajstić information content (AvgIpc) is 3.17. The second kappa shape index (κ2) is 10.3. The molecular weight excluding hydrogens is 470 g/mol. The van der Waals surface area contributed by atoms with Crippen molar-refractivity contribution in [2.45, 2.75) is 6.92 Å². The van der Waals surface area contributed by atoms with Crippen molar-refractivity contribution in [3.8, 4) is 6.07 Å². The lowest BCUT2D eigenvalue weighted by atomic mass is 10.2. The maximum Gasteiger partial charge on any atom is 0.290 e. The van der Waals surface area contributed by atoms with E-state index in [4.69, 9.17) is 11.6 Å². The monoisotopic (exact) mass is 487 g/mol. The third-order valence-corrected chi connectivity index (χ3v) is 6.08. The molecule has 1 aliphatic rings. The number of anilines is 3. The number of hydrazone groups is 1. The van der Waals surface area contributed by atoms with E-state index in [9.17, 15) is 14.9 Å². The van der Waals surface area contributed by atoms with Gasteiger partial charge in [-0.05, 0) is 67.2 Å². The Balaban J connectivity index is 1.70. The Morgan fingerprint density at radius 2 is 1.65 bits per heavy atom. The molecule has 1 aliphatic heterocycles. The summed E-state index contributed by atoms with van der Waals surface area (Å²) in [7, 11) is 0. The smallest absolute Gasteiger partial charge is 0.290 e. The molecule has 7 nitrogen and oxygen atoms in total. The van der Waals surface area contributed by atoms with Crippen LogP contribution in [0.2, 0.25) is 5.02 Å². The molecule has 4 rings (SSSR count). The van der Waals surface area contributed by atoms with E-state index in [2.05, 4.69) is 15.8 Å². The molecular formula is C25H18ClN5O2S. The zero-order chi connectivity index (χ0) is 24.1. The summed E-state index contributed by atoms with van der Waals surface area (Å²) in [5, 5.41) is 17.6. The number of benzene rings is 3. The van der Waals surface area contributed by atoms with Crippen LogP contribution in [-0.2, 0) is 9.59 Å². The fourth-order valence-corrected chi connectivity index (χ4v) is 4.18. The summed E-state index contributed by atoms with van der Waals surface area (Å²) < 4.78 is 0. The van der Waals surface area contributed by atoms with Crippen LogP contribution in [0.15, 0.2) is 94.6 Å². The highest BCUT2D eigenvalue weighted by molar-refractivity contribution is 8.20. The average molecular weight is 488 g/mol. The molecule has 0 bridgehead atoms. The molecule has 0 unspecified atom stereocenters. The van der Waals surface area contributed by atoms with Gasteiger partial charge in [0.05, 0.1) is 5.69 Å². The SMILES string of the molecule is Cc1ccc(NC(=O)/C(C#N)=C2\S/C(=N\Nc3ccc(Cl)cc3)C(=O)N2c2ccccc2)cc1. The number of carbonyl (C=O) groups is 2. The molecule has 168 valence electrons. The van der Waals surface area contributed by atoms with Crippen LogP contribution in [0.4, 0.5) is 17.1 Å². The van der Waals surface area contributed by atoms with Crippen molar-refractivity contribution in [1.82, 2.24) is 0 Å². The molecule has 34 heavy (non-hydrogen) atoms. The summed E-state index contributed by atoms with van der Waals surface area (Å²) in [6.07, 6.45) is 0. The number of amides is 2. The van der Waals surface area contributed by atoms with E-state index in [1.165, 1.54) is 4.90 Å². The van der Waals surface area contributed by atoms with Gasteiger partial charge in [-0.2, -0.15) is 10.4 Å². The van der Waals surface area contributed by atoms with Gasteiger partial charge in [-0.3, -0.25) is 19.9 Å². The van der Waals surface area contributed by atoms with Gasteiger partial charge in [0.25, 0.3) is 11.8 Å². The molecule has 1 fully saturated rings. The van der Waals surface area contributed by atoms with Crippen molar-refractivity contribution >= 4 is 57.3 Å². The first-order chi connectivity index (χ1) is 16.5. The minimum Gasteiger partial charge on any atom is -0.321 e. The quantitative estimate of drug-likeness (QED) is 0.280. The fourth-order valence-electron chi connectivity index (χ4n) is 3.08. The molecule has 0 radical (unpaired) electrons. The van der Waals surface area contributed by atoms with Crippen LogP contribution in [-0.4, -0.2) is 16.9 Å². The largest absolute Gasteiger partial charge is 0.321 e. The first-order valence-corrected chi connectivity index (χ1v) is 11.3. The van der Waals surface area contributed by atoms with Gasteiger partial charge in [0.15, 0.2) is 5.04 Å². The standard InChI is InChI=1S/C25H18ClN5O2S/c1-16-7-11-18(12-8-16)28-22(32)21(15-27)25-31(20-5-3-2-4-6-20)24(33)23(34-25)30-29-19-13-9-17(26)10-14-19/h2-14,29H,1H3,(H,28,32)/b25-21-,30-23-. The molecule has 1 heterocycles. The second-order valence-corrected chi connectivity index (χ2v) is 8.64. The lowest BCUT2D eigenvalue weighted by Gasteiger charge is -2.17. The van der Waals surface area contributed by atoms with E-state index in [0.29, 0.717) is 22.1 Å². The topological polar surface area (TPSA) is 97.6 Å². The minimum atomic E-state index is -0.616. The number of rotatable bonds is 5. The highest BCUT2D eigenvalue weighted by atomic mass is 35.5. The Morgan fingerprint density at radius 1 is 1.00 bits per heavy atom. The molecule has 3 aromatic rings. The van der Waals surface area contributed by atoms with Gasteiger partial charge < -0.3 is 5.32 Å². The van der Waals surface area contributed by atoms with Gasteiger partial charge in [0, 0.05) is 16.4 Å². The zero-order valence-electron chi connectivity index (χ0n) is 17.9. The Bertz CT molecular complexity index is 1330. The third kappa shape index (κ3) is 5.12. The number of nitrogens with zero attached hydrogens (tertiary/aromatic N) is 3. The fraction of sp³-hybridized carbons (Fsp3) is 0.0400. The third-order valence-electron chi connectivity index (χ3n) is 4.79. The highest BCUT2D eigenvalue weighted by Gasteiger charge is 2.38. The Morgan fingerprint density at radius 3 is 2.29 bits per heavy atom. The maximum absolute atomic E-state index is 13.3. The Kier molecular flexibility index (Phi) is 6.97. The van der Waals surface area contributed by atoms with E-state index in [0.717, 1.165) is 17.3 Å². The van der Waals surface area contributed by atoms with Gasteiger partial charge >= 0.3 is 0 Å². The molecule has 0 aromatic heterocycles. The number of hydrogen-bond donors (Lipinski definition) is 2. The molecule has 2 N–H and O–H groups in total. The summed E-state index contributed by atoms with van der Waals surface area (Å²) in [6, 6.07) is 24.8. The molecule has 0 spiro atoms. The summed E-state index contributed by atoms with van der Waals surface area (Å²) in [4.78, 5) is 27.6. The van der Waals surface area contributed by atoms with Crippen molar-refractivity contribution in [2.75, 3.05) is 15.6 Å². The minimum absolute atomic E-state index is 0.0877. The number of para-hydroxylation sites is 1. The number of thioether (sulfide) groups is 1. The van der Waals surface area contributed by atoms with Crippen molar-refractivity contribution in [2.24, 2.45) is 5.10 Å². The van der Waals surface area contributed by atoms with Gasteiger partial charge in [-0.15, -0.1) is 0 Å². The molecule has 0 atom stereocenters. The molecule has 3 aromatic carbocycles. The zero-order valence-corrected chi connectivity index (χ0v) is 19.5. The van der Waals surface area contributed by atoms with E-state index in [1.54, 1.807) is 60.7 Å². The first kappa shape index (κ1) is 23.1. The molecule has 0 aliphatic carbocycles. The lowest BCUT2D eigenvalue weighted by molar-refractivity contribution is -0.112. The Labute approximate surface area is 205 Å². The highest BCUT2D eigenvalue weighted by Crippen LogP contribution is 2.38. The molecule has 1 saturated heterocycles. The first-order valence-electron chi connectivity index (χ1n) is 10.2. The van der Waals surface area contributed by atoms with Crippen LogP contribution in [0.5, 0.6) is 0 Å². The summed E-state index contributed by atoms with van der Waals surface area (Å²) in [5.74, 6) is -1.07. The van der Waals surface area contributed by atoms with Crippen molar-refractivity contribution < 1.29 is 9.59 Å². The van der Waals surface area contributed by atoms with Crippen LogP contribution in [0.25, 0.3) is 0 Å². The predicted octanol–water partition coefficient (Wildman–Crippen LogP) is 5.53. The summed E-state index contributed by atoms with van der Waals surface area (Å²) in [5.41, 5.74) is 5.36. The maximum atomic E-state index is 13.3. The molecule has 0 saturated carbocycles. The number of nitrogens with one attached hydrogen (secondary N) is 2. The van der Waals surface area contributed by atoms with Gasteiger partial charge in [0.2, 0.25) is 0 Å². The predicted molar refractivity (Wildman–Crippen MR) is 136 cm³/mol. The van der Waals surface area contributed by atoms with Crippen LogP contribution in [0.3, 0.4) is 0 Å². The number of carbonyl (C=O) groups excluding carboxylic acids is 2. The van der Waals surface area contributed by atoms with Crippen molar-refractivity contribution in [3.05, 3.63) is 100 Å². The summed E-state index contributed by atoms with van der Waals surface area (Å²) >= 11 is 6.86. The van der Waals surface area contributed by atoms with Gasteiger partial charge in [0.1, 0.15) is 16.7 Å². The van der Waals surface area contributed by atoms with Crippen LogP contribution in [0, 0.1) is 18.3 Å². The van der Waals surface area contributed by atoms with Crippen LogP contribution < -0.4 is 15.6 Å². The second-order valence-electron chi connectivity index (χ2n) is 7.23. The van der Waals surface area contributed by atoms with E-state index in [-0.39, 0.29) is 15.6 Å². The number of nitriles is 1. The Hall–Kier alpha value is -4.06. The van der Waals surface area contributed by atoms with E-state index >= 15 is 0 Å². The van der Waals surface area contributed by atoms with Gasteiger partial charge in [-0.25, -0.2) is 0 Å².